The van der Waals surface area contributed by atoms with Crippen LogP contribution in [0.3, 0.4) is 0 Å². The molecule has 1 fully saturated rings. The topological polar surface area (TPSA) is 84.6 Å². The zero-order chi connectivity index (χ0) is 21.7. The Kier molecular flexibility index (Phi) is 6.92. The second-order valence-corrected chi connectivity index (χ2v) is 7.65. The van der Waals surface area contributed by atoms with Crippen LogP contribution in [0.1, 0.15) is 64.8 Å². The maximum Gasteiger partial charge on any atom is 0.259 e. The van der Waals surface area contributed by atoms with Gasteiger partial charge in [0.05, 0.1) is 6.54 Å². The van der Waals surface area contributed by atoms with Crippen LogP contribution in [-0.4, -0.2) is 40.4 Å². The number of aromatic nitrogens is 1. The summed E-state index contributed by atoms with van der Waals surface area (Å²) < 4.78 is 7.29. The number of nitrogens with one attached hydrogen (secondary N) is 1. The molecule has 1 aliphatic rings. The fourth-order valence-corrected chi connectivity index (χ4v) is 3.89. The van der Waals surface area contributed by atoms with Crippen molar-refractivity contribution in [3.8, 4) is 0 Å². The van der Waals surface area contributed by atoms with Crippen molar-refractivity contribution in [1.82, 2.24) is 14.8 Å². The summed E-state index contributed by atoms with van der Waals surface area (Å²) in [6.45, 7) is 8.65. The van der Waals surface area contributed by atoms with Gasteiger partial charge in [0.2, 0.25) is 5.43 Å². The molecule has 0 bridgehead atoms. The predicted molar refractivity (Wildman–Crippen MR) is 115 cm³/mol. The van der Waals surface area contributed by atoms with E-state index in [9.17, 15) is 14.4 Å². The van der Waals surface area contributed by atoms with Crippen LogP contribution in [0.4, 0.5) is 0 Å². The predicted octanol–water partition coefficient (Wildman–Crippen LogP) is 3.12. The van der Waals surface area contributed by atoms with E-state index in [-0.39, 0.29) is 29.6 Å². The lowest BCUT2D eigenvalue weighted by Crippen LogP contribution is -2.45. The van der Waals surface area contributed by atoms with Crippen LogP contribution < -0.4 is 10.7 Å². The van der Waals surface area contributed by atoms with Crippen LogP contribution in [0.2, 0.25) is 0 Å². The minimum absolute atomic E-state index is 0.0184. The van der Waals surface area contributed by atoms with Gasteiger partial charge in [-0.3, -0.25) is 14.4 Å². The Morgan fingerprint density at radius 3 is 2.70 bits per heavy atom. The molecule has 0 unspecified atom stereocenters. The first-order valence-electron chi connectivity index (χ1n) is 10.4. The van der Waals surface area contributed by atoms with Gasteiger partial charge in [0.1, 0.15) is 22.6 Å². The molecule has 2 amide bonds. The Bertz CT molecular complexity index is 989. The van der Waals surface area contributed by atoms with Gasteiger partial charge in [-0.2, -0.15) is 0 Å². The van der Waals surface area contributed by atoms with Crippen molar-refractivity contribution in [2.45, 2.75) is 52.1 Å². The van der Waals surface area contributed by atoms with Crippen LogP contribution >= 0.6 is 0 Å². The number of piperidine rings is 1. The number of hydrogen-bond donors (Lipinski definition) is 1. The minimum atomic E-state index is -0.547. The van der Waals surface area contributed by atoms with Gasteiger partial charge in [-0.25, -0.2) is 0 Å². The first-order valence-corrected chi connectivity index (χ1v) is 10.4. The van der Waals surface area contributed by atoms with Crippen LogP contribution in [0.5, 0.6) is 0 Å². The summed E-state index contributed by atoms with van der Waals surface area (Å²) in [6, 6.07) is 3.80. The van der Waals surface area contributed by atoms with Crippen molar-refractivity contribution in [3.63, 3.8) is 0 Å². The molecule has 1 aliphatic heterocycles. The number of amides is 2. The van der Waals surface area contributed by atoms with E-state index in [0.717, 1.165) is 31.4 Å². The van der Waals surface area contributed by atoms with E-state index in [1.807, 2.05) is 26.0 Å². The molecule has 3 heterocycles. The molecular formula is C23H29N3O4. The quantitative estimate of drug-likeness (QED) is 0.710. The first kappa shape index (κ1) is 21.6. The number of hydrogen-bond acceptors (Lipinski definition) is 4. The number of aryl methyl sites for hydroxylation is 1. The van der Waals surface area contributed by atoms with Crippen LogP contribution in [0.25, 0.3) is 0 Å². The highest BCUT2D eigenvalue weighted by atomic mass is 16.3. The van der Waals surface area contributed by atoms with Gasteiger partial charge in [0.25, 0.3) is 11.8 Å². The Morgan fingerprint density at radius 2 is 2.03 bits per heavy atom. The third kappa shape index (κ3) is 4.72. The van der Waals surface area contributed by atoms with Crippen molar-refractivity contribution in [2.24, 2.45) is 0 Å². The maximum absolute atomic E-state index is 13.3. The summed E-state index contributed by atoms with van der Waals surface area (Å²) in [5.41, 5.74) is -0.588. The molecule has 0 spiro atoms. The summed E-state index contributed by atoms with van der Waals surface area (Å²) in [5, 5.41) is 2.63. The molecule has 0 aromatic carbocycles. The van der Waals surface area contributed by atoms with Gasteiger partial charge < -0.3 is 19.2 Å². The molecule has 0 aliphatic carbocycles. The van der Waals surface area contributed by atoms with E-state index in [2.05, 4.69) is 11.9 Å². The number of carbonyl (C=O) groups is 2. The number of nitrogens with zero attached hydrogens (tertiary/aromatic N) is 2. The van der Waals surface area contributed by atoms with Gasteiger partial charge in [-0.1, -0.05) is 13.0 Å². The molecule has 160 valence electrons. The Labute approximate surface area is 176 Å². The number of likely N-dealkylation sites (tertiary alicyclic amines) is 1. The summed E-state index contributed by atoms with van der Waals surface area (Å²) >= 11 is 0. The molecule has 0 radical (unpaired) electrons. The van der Waals surface area contributed by atoms with Gasteiger partial charge >= 0.3 is 0 Å². The van der Waals surface area contributed by atoms with Crippen LogP contribution in [0, 0.1) is 6.92 Å². The molecule has 0 saturated carbocycles. The van der Waals surface area contributed by atoms with E-state index in [0.29, 0.717) is 18.8 Å². The third-order valence-corrected chi connectivity index (χ3v) is 5.45. The fraction of sp³-hybridized carbons (Fsp3) is 0.435. The molecule has 3 rings (SSSR count). The summed E-state index contributed by atoms with van der Waals surface area (Å²) in [7, 11) is 0. The molecule has 1 saturated heterocycles. The molecule has 1 atom stereocenters. The largest absolute Gasteiger partial charge is 0.464 e. The van der Waals surface area contributed by atoms with Crippen molar-refractivity contribution < 1.29 is 14.0 Å². The van der Waals surface area contributed by atoms with Gasteiger partial charge in [0.15, 0.2) is 0 Å². The van der Waals surface area contributed by atoms with Crippen LogP contribution in [0.15, 0.2) is 46.4 Å². The zero-order valence-electron chi connectivity index (χ0n) is 17.6. The lowest BCUT2D eigenvalue weighted by Gasteiger charge is -2.35. The molecular weight excluding hydrogens is 382 g/mol. The van der Waals surface area contributed by atoms with E-state index in [4.69, 9.17) is 4.42 Å². The Hall–Kier alpha value is -3.09. The third-order valence-electron chi connectivity index (χ3n) is 5.45. The average molecular weight is 412 g/mol. The lowest BCUT2D eigenvalue weighted by atomic mass is 9.98. The standard InChI is InChI=1S/C23H29N3O4/c1-4-11-24-22(28)19-14-25(13-18-10-9-16(3)30-18)15-20(21(19)27)23(29)26-12-7-6-8-17(26)5-2/h4,9-10,14-15,17H,1,5-8,11-13H2,2-3H3,(H,24,28)/t17-/m0/s1. The number of furan rings is 1. The highest BCUT2D eigenvalue weighted by molar-refractivity contribution is 5.99. The molecule has 2 aromatic heterocycles. The van der Waals surface area contributed by atoms with E-state index < -0.39 is 11.3 Å². The summed E-state index contributed by atoms with van der Waals surface area (Å²) in [6.07, 6.45) is 8.32. The van der Waals surface area contributed by atoms with Gasteiger partial charge in [-0.15, -0.1) is 6.58 Å². The molecule has 7 heteroatoms. The van der Waals surface area contributed by atoms with Gasteiger partial charge in [0, 0.05) is 31.5 Å². The van der Waals surface area contributed by atoms with E-state index >= 15 is 0 Å². The number of rotatable bonds is 7. The first-order chi connectivity index (χ1) is 14.4. The zero-order valence-corrected chi connectivity index (χ0v) is 17.6. The van der Waals surface area contributed by atoms with E-state index in [1.54, 1.807) is 9.47 Å². The lowest BCUT2D eigenvalue weighted by molar-refractivity contribution is 0.0605. The van der Waals surface area contributed by atoms with Gasteiger partial charge in [-0.05, 0) is 44.7 Å². The highest BCUT2D eigenvalue weighted by Gasteiger charge is 2.29. The molecule has 2 aromatic rings. The van der Waals surface area contributed by atoms with Crippen molar-refractivity contribution >= 4 is 11.8 Å². The monoisotopic (exact) mass is 411 g/mol. The highest BCUT2D eigenvalue weighted by Crippen LogP contribution is 2.21. The molecule has 30 heavy (non-hydrogen) atoms. The van der Waals surface area contributed by atoms with Crippen LogP contribution in [-0.2, 0) is 6.54 Å². The van der Waals surface area contributed by atoms with Crippen molar-refractivity contribution in [3.05, 3.63) is 70.1 Å². The summed E-state index contributed by atoms with van der Waals surface area (Å²) in [5.74, 6) is 0.612. The van der Waals surface area contributed by atoms with E-state index in [1.165, 1.54) is 18.5 Å². The second kappa shape index (κ2) is 9.61. The Balaban J connectivity index is 2.02. The number of pyridine rings is 1. The smallest absolute Gasteiger partial charge is 0.259 e. The fourth-order valence-electron chi connectivity index (χ4n) is 3.89. The van der Waals surface area contributed by atoms with Crippen molar-refractivity contribution in [2.75, 3.05) is 13.1 Å². The maximum atomic E-state index is 13.3. The SMILES string of the molecule is C=CCNC(=O)c1cn(Cc2ccc(C)o2)cc(C(=O)N2CCCC[C@@H]2CC)c1=O. The average Bonchev–Trinajstić information content (AvgIpc) is 3.16. The minimum Gasteiger partial charge on any atom is -0.464 e. The second-order valence-electron chi connectivity index (χ2n) is 7.65. The molecule has 7 nitrogen and oxygen atoms in total. The normalized spacial score (nSPS) is 16.3. The molecule has 1 N–H and O–H groups in total. The van der Waals surface area contributed by atoms with Crippen molar-refractivity contribution in [1.29, 1.82) is 0 Å². The number of carbonyl (C=O) groups excluding carboxylic acids is 2. The summed E-state index contributed by atoms with van der Waals surface area (Å²) in [4.78, 5) is 40.8. The Morgan fingerprint density at radius 1 is 1.27 bits per heavy atom.